The Bertz CT molecular complexity index is 352. The molecule has 0 aromatic carbocycles. The van der Waals surface area contributed by atoms with Gasteiger partial charge in [0.2, 0.25) is 0 Å². The van der Waals surface area contributed by atoms with Gasteiger partial charge in [0.05, 0.1) is 0 Å². The van der Waals surface area contributed by atoms with E-state index in [9.17, 15) is 0 Å². The highest BCUT2D eigenvalue weighted by molar-refractivity contribution is 5.35. The lowest BCUT2D eigenvalue weighted by molar-refractivity contribution is 0.199. The minimum Gasteiger partial charge on any atom is -0.368 e. The second kappa shape index (κ2) is 5.74. The predicted octanol–water partition coefficient (Wildman–Crippen LogP) is 2.31. The van der Waals surface area contributed by atoms with Gasteiger partial charge >= 0.3 is 0 Å². The maximum absolute atomic E-state index is 4.48. The van der Waals surface area contributed by atoms with E-state index in [0.717, 1.165) is 25.5 Å². The molecule has 2 N–H and O–H groups in total. The SMILES string of the molecule is CCCC1(CNc2cc(C)n(C)n2)CCNCC1. The largest absolute Gasteiger partial charge is 0.368 e. The van der Waals surface area contributed by atoms with E-state index >= 15 is 0 Å². The van der Waals surface area contributed by atoms with Gasteiger partial charge in [-0.3, -0.25) is 4.68 Å². The Labute approximate surface area is 110 Å². The van der Waals surface area contributed by atoms with E-state index in [4.69, 9.17) is 0 Å². The second-order valence-corrected chi connectivity index (χ2v) is 5.65. The van der Waals surface area contributed by atoms with Crippen LogP contribution in [0.4, 0.5) is 5.82 Å². The Morgan fingerprint density at radius 1 is 1.44 bits per heavy atom. The van der Waals surface area contributed by atoms with Crippen molar-refractivity contribution in [3.63, 3.8) is 0 Å². The normalized spacial score (nSPS) is 18.8. The number of rotatable bonds is 5. The third kappa shape index (κ3) is 3.05. The summed E-state index contributed by atoms with van der Waals surface area (Å²) in [4.78, 5) is 0. The minimum absolute atomic E-state index is 0.464. The van der Waals surface area contributed by atoms with Crippen molar-refractivity contribution < 1.29 is 0 Å². The second-order valence-electron chi connectivity index (χ2n) is 5.65. The highest BCUT2D eigenvalue weighted by Crippen LogP contribution is 2.34. The third-order valence-corrected chi connectivity index (χ3v) is 4.20. The van der Waals surface area contributed by atoms with Gasteiger partial charge in [-0.05, 0) is 44.7 Å². The highest BCUT2D eigenvalue weighted by Gasteiger charge is 2.30. The van der Waals surface area contributed by atoms with E-state index in [1.165, 1.54) is 31.4 Å². The summed E-state index contributed by atoms with van der Waals surface area (Å²) in [7, 11) is 1.99. The van der Waals surface area contributed by atoms with Crippen LogP contribution in [0.15, 0.2) is 6.07 Å². The van der Waals surface area contributed by atoms with Gasteiger partial charge in [-0.1, -0.05) is 13.3 Å². The van der Waals surface area contributed by atoms with Gasteiger partial charge in [-0.2, -0.15) is 5.10 Å². The molecule has 1 aromatic heterocycles. The lowest BCUT2D eigenvalue weighted by atomic mass is 9.75. The Kier molecular flexibility index (Phi) is 4.27. The molecule has 0 radical (unpaired) electrons. The number of nitrogens with zero attached hydrogens (tertiary/aromatic N) is 2. The molecule has 0 amide bonds. The molecule has 2 rings (SSSR count). The van der Waals surface area contributed by atoms with Crippen molar-refractivity contribution in [2.75, 3.05) is 25.0 Å². The summed E-state index contributed by atoms with van der Waals surface area (Å²) in [5, 5.41) is 11.5. The molecule has 0 unspecified atom stereocenters. The molecular formula is C14H26N4. The molecule has 18 heavy (non-hydrogen) atoms. The smallest absolute Gasteiger partial charge is 0.148 e. The van der Waals surface area contributed by atoms with Crippen LogP contribution in [0.2, 0.25) is 0 Å². The molecule has 1 saturated heterocycles. The van der Waals surface area contributed by atoms with Crippen molar-refractivity contribution in [1.82, 2.24) is 15.1 Å². The first kappa shape index (κ1) is 13.4. The van der Waals surface area contributed by atoms with Crippen molar-refractivity contribution in [1.29, 1.82) is 0 Å². The predicted molar refractivity (Wildman–Crippen MR) is 75.9 cm³/mol. The summed E-state index contributed by atoms with van der Waals surface area (Å²) in [6, 6.07) is 2.13. The fourth-order valence-corrected chi connectivity index (χ4v) is 2.93. The Morgan fingerprint density at radius 3 is 2.72 bits per heavy atom. The van der Waals surface area contributed by atoms with Gasteiger partial charge < -0.3 is 10.6 Å². The number of aryl methyl sites for hydroxylation is 2. The van der Waals surface area contributed by atoms with Crippen LogP contribution >= 0.6 is 0 Å². The first-order chi connectivity index (χ1) is 8.65. The molecule has 1 aliphatic heterocycles. The van der Waals surface area contributed by atoms with Gasteiger partial charge in [0, 0.05) is 25.4 Å². The molecule has 1 fully saturated rings. The van der Waals surface area contributed by atoms with Crippen LogP contribution in [-0.4, -0.2) is 29.4 Å². The van der Waals surface area contributed by atoms with Crippen molar-refractivity contribution in [3.05, 3.63) is 11.8 Å². The van der Waals surface area contributed by atoms with E-state index in [1.807, 2.05) is 11.7 Å². The van der Waals surface area contributed by atoms with Crippen molar-refractivity contribution in [2.24, 2.45) is 12.5 Å². The number of piperidine rings is 1. The summed E-state index contributed by atoms with van der Waals surface area (Å²) in [5.41, 5.74) is 1.66. The molecule has 4 nitrogen and oxygen atoms in total. The van der Waals surface area contributed by atoms with Gasteiger partial charge in [-0.25, -0.2) is 0 Å². The lowest BCUT2D eigenvalue weighted by Gasteiger charge is -2.37. The summed E-state index contributed by atoms with van der Waals surface area (Å²) < 4.78 is 1.93. The van der Waals surface area contributed by atoms with Crippen molar-refractivity contribution in [2.45, 2.75) is 39.5 Å². The maximum Gasteiger partial charge on any atom is 0.148 e. The average molecular weight is 250 g/mol. The maximum atomic E-state index is 4.48. The minimum atomic E-state index is 0.464. The van der Waals surface area contributed by atoms with E-state index in [2.05, 4.69) is 35.6 Å². The zero-order valence-electron chi connectivity index (χ0n) is 11.9. The van der Waals surface area contributed by atoms with E-state index in [-0.39, 0.29) is 0 Å². The zero-order chi connectivity index (χ0) is 13.0. The van der Waals surface area contributed by atoms with Crippen molar-refractivity contribution in [3.8, 4) is 0 Å². The highest BCUT2D eigenvalue weighted by atomic mass is 15.3. The van der Waals surface area contributed by atoms with Gasteiger partial charge in [0.25, 0.3) is 0 Å². The average Bonchev–Trinajstić information content (AvgIpc) is 2.68. The van der Waals surface area contributed by atoms with Crippen molar-refractivity contribution >= 4 is 5.82 Å². The zero-order valence-corrected chi connectivity index (χ0v) is 11.9. The van der Waals surface area contributed by atoms with Crippen LogP contribution in [0.1, 0.15) is 38.3 Å². The summed E-state index contributed by atoms with van der Waals surface area (Å²) in [5.74, 6) is 1.02. The molecule has 0 bridgehead atoms. The lowest BCUT2D eigenvalue weighted by Crippen LogP contribution is -2.41. The molecule has 0 saturated carbocycles. The van der Waals surface area contributed by atoms with Gasteiger partial charge in [0.15, 0.2) is 0 Å². The number of hydrogen-bond donors (Lipinski definition) is 2. The summed E-state index contributed by atoms with van der Waals surface area (Å²) in [6.07, 6.45) is 5.13. The molecule has 102 valence electrons. The first-order valence-electron chi connectivity index (χ1n) is 7.10. The topological polar surface area (TPSA) is 41.9 Å². The summed E-state index contributed by atoms with van der Waals surface area (Å²) >= 11 is 0. The molecule has 2 heterocycles. The van der Waals surface area contributed by atoms with Gasteiger partial charge in [-0.15, -0.1) is 0 Å². The number of nitrogens with one attached hydrogen (secondary N) is 2. The van der Waals surface area contributed by atoms with Crippen LogP contribution in [-0.2, 0) is 7.05 Å². The van der Waals surface area contributed by atoms with Crippen LogP contribution in [0.3, 0.4) is 0 Å². The molecule has 0 spiro atoms. The fraction of sp³-hybridized carbons (Fsp3) is 0.786. The molecule has 4 heteroatoms. The van der Waals surface area contributed by atoms with Crippen LogP contribution in [0.5, 0.6) is 0 Å². The standard InChI is InChI=1S/C14H26N4/c1-4-5-14(6-8-15-9-7-14)11-16-13-10-12(2)18(3)17-13/h10,15H,4-9,11H2,1-3H3,(H,16,17). The Balaban J connectivity index is 1.96. The first-order valence-corrected chi connectivity index (χ1v) is 7.10. The quantitative estimate of drug-likeness (QED) is 0.842. The Hall–Kier alpha value is -1.03. The number of aromatic nitrogens is 2. The number of anilines is 1. The van der Waals surface area contributed by atoms with E-state index in [1.54, 1.807) is 0 Å². The van der Waals surface area contributed by atoms with E-state index in [0.29, 0.717) is 5.41 Å². The van der Waals surface area contributed by atoms with E-state index < -0.39 is 0 Å². The van der Waals surface area contributed by atoms with Crippen LogP contribution in [0, 0.1) is 12.3 Å². The third-order valence-electron chi connectivity index (χ3n) is 4.20. The Morgan fingerprint density at radius 2 is 2.17 bits per heavy atom. The molecule has 0 atom stereocenters. The summed E-state index contributed by atoms with van der Waals surface area (Å²) in [6.45, 7) is 7.74. The number of hydrogen-bond acceptors (Lipinski definition) is 3. The fourth-order valence-electron chi connectivity index (χ4n) is 2.93. The molecule has 1 aliphatic rings. The monoisotopic (exact) mass is 250 g/mol. The molecule has 1 aromatic rings. The van der Waals surface area contributed by atoms with Crippen LogP contribution < -0.4 is 10.6 Å². The molecular weight excluding hydrogens is 224 g/mol. The van der Waals surface area contributed by atoms with Crippen LogP contribution in [0.25, 0.3) is 0 Å². The van der Waals surface area contributed by atoms with Gasteiger partial charge in [0.1, 0.15) is 5.82 Å². The molecule has 0 aliphatic carbocycles.